The maximum atomic E-state index is 10.5. The number of rotatable bonds is 6. The van der Waals surface area contributed by atoms with E-state index in [0.717, 1.165) is 12.8 Å². The Morgan fingerprint density at radius 2 is 2.23 bits per heavy atom. The van der Waals surface area contributed by atoms with Crippen LogP contribution in [0.5, 0.6) is 0 Å². The molecule has 0 radical (unpaired) electrons. The summed E-state index contributed by atoms with van der Waals surface area (Å²) in [5.74, 6) is -0.810. The molecule has 1 rings (SSSR count). The molecule has 2 N–H and O–H groups in total. The van der Waals surface area contributed by atoms with Gasteiger partial charge in [0.05, 0.1) is 12.6 Å². The fourth-order valence-electron chi connectivity index (χ4n) is 1.36. The van der Waals surface area contributed by atoms with Gasteiger partial charge in [-0.2, -0.15) is 0 Å². The van der Waals surface area contributed by atoms with E-state index in [9.17, 15) is 9.90 Å². The van der Waals surface area contributed by atoms with Crippen LogP contribution in [0.15, 0.2) is 0 Å². The van der Waals surface area contributed by atoms with Crippen LogP contribution in [0.4, 0.5) is 0 Å². The summed E-state index contributed by atoms with van der Waals surface area (Å²) in [6.45, 7) is 2.45. The van der Waals surface area contributed by atoms with Gasteiger partial charge < -0.3 is 10.2 Å². The molecule has 1 saturated carbocycles. The van der Waals surface area contributed by atoms with Crippen molar-refractivity contribution in [1.82, 2.24) is 4.90 Å². The largest absolute Gasteiger partial charge is 0.480 e. The molecule has 13 heavy (non-hydrogen) atoms. The monoisotopic (exact) mass is 187 g/mol. The molecule has 1 aliphatic carbocycles. The van der Waals surface area contributed by atoms with Crippen LogP contribution < -0.4 is 0 Å². The van der Waals surface area contributed by atoms with Crippen molar-refractivity contribution in [3.63, 3.8) is 0 Å². The second-order valence-corrected chi connectivity index (χ2v) is 3.62. The Kier molecular flexibility index (Phi) is 3.69. The predicted molar refractivity (Wildman–Crippen MR) is 48.5 cm³/mol. The van der Waals surface area contributed by atoms with Crippen molar-refractivity contribution in [1.29, 1.82) is 0 Å². The summed E-state index contributed by atoms with van der Waals surface area (Å²) in [5, 5.41) is 18.0. The molecule has 0 amide bonds. The van der Waals surface area contributed by atoms with Gasteiger partial charge in [-0.25, -0.2) is 0 Å². The van der Waals surface area contributed by atoms with E-state index >= 15 is 0 Å². The lowest BCUT2D eigenvalue weighted by molar-refractivity contribution is -0.138. The summed E-state index contributed by atoms with van der Waals surface area (Å²) < 4.78 is 0. The van der Waals surface area contributed by atoms with Crippen LogP contribution in [0, 0.1) is 0 Å². The van der Waals surface area contributed by atoms with Crippen molar-refractivity contribution in [2.45, 2.75) is 38.3 Å². The topological polar surface area (TPSA) is 60.8 Å². The summed E-state index contributed by atoms with van der Waals surface area (Å²) in [7, 11) is 0. The summed E-state index contributed by atoms with van der Waals surface area (Å²) in [6, 6.07) is 0.400. The minimum atomic E-state index is -0.810. The molecule has 4 heteroatoms. The van der Waals surface area contributed by atoms with E-state index in [0.29, 0.717) is 19.0 Å². The quantitative estimate of drug-likeness (QED) is 0.628. The third-order valence-corrected chi connectivity index (χ3v) is 2.32. The van der Waals surface area contributed by atoms with Crippen LogP contribution in [-0.4, -0.2) is 46.3 Å². The summed E-state index contributed by atoms with van der Waals surface area (Å²) in [5.41, 5.74) is 0. The van der Waals surface area contributed by atoms with Crippen LogP contribution in [-0.2, 0) is 4.79 Å². The van der Waals surface area contributed by atoms with Crippen molar-refractivity contribution in [3.8, 4) is 0 Å². The fourth-order valence-corrected chi connectivity index (χ4v) is 1.36. The molecule has 0 aliphatic heterocycles. The van der Waals surface area contributed by atoms with Gasteiger partial charge in [0.2, 0.25) is 0 Å². The zero-order valence-electron chi connectivity index (χ0n) is 7.94. The number of hydrogen-bond donors (Lipinski definition) is 2. The van der Waals surface area contributed by atoms with Crippen molar-refractivity contribution in [2.24, 2.45) is 0 Å². The molecule has 0 aromatic carbocycles. The molecule has 0 spiro atoms. The highest BCUT2D eigenvalue weighted by Crippen LogP contribution is 2.26. The average Bonchev–Trinajstić information content (AvgIpc) is 2.84. The van der Waals surface area contributed by atoms with Crippen LogP contribution in [0.2, 0.25) is 0 Å². The van der Waals surface area contributed by atoms with E-state index in [1.807, 2.05) is 11.8 Å². The van der Waals surface area contributed by atoms with Crippen LogP contribution in [0.3, 0.4) is 0 Å². The summed E-state index contributed by atoms with van der Waals surface area (Å²) in [6.07, 6.45) is 2.44. The first-order chi connectivity index (χ1) is 6.13. The van der Waals surface area contributed by atoms with Gasteiger partial charge in [-0.15, -0.1) is 0 Å². The molecule has 0 aromatic heterocycles. The smallest absolute Gasteiger partial charge is 0.317 e. The highest BCUT2D eigenvalue weighted by Gasteiger charge is 2.30. The van der Waals surface area contributed by atoms with E-state index in [4.69, 9.17) is 5.11 Å². The van der Waals surface area contributed by atoms with Gasteiger partial charge in [-0.3, -0.25) is 9.69 Å². The molecule has 1 unspecified atom stereocenters. The molecule has 1 atom stereocenters. The number of nitrogens with zero attached hydrogens (tertiary/aromatic N) is 1. The normalized spacial score (nSPS) is 19.0. The Morgan fingerprint density at radius 3 is 2.62 bits per heavy atom. The van der Waals surface area contributed by atoms with Crippen molar-refractivity contribution >= 4 is 5.97 Å². The number of carboxylic acids is 1. The number of carboxylic acid groups (broad SMARTS) is 1. The first kappa shape index (κ1) is 10.5. The van der Waals surface area contributed by atoms with E-state index < -0.39 is 5.97 Å². The summed E-state index contributed by atoms with van der Waals surface area (Å²) in [4.78, 5) is 12.3. The highest BCUT2D eigenvalue weighted by molar-refractivity contribution is 5.69. The third-order valence-electron chi connectivity index (χ3n) is 2.32. The Morgan fingerprint density at radius 1 is 1.62 bits per heavy atom. The lowest BCUT2D eigenvalue weighted by atomic mass is 10.2. The zero-order valence-corrected chi connectivity index (χ0v) is 7.94. The Balaban J connectivity index is 2.33. The molecule has 0 heterocycles. The highest BCUT2D eigenvalue weighted by atomic mass is 16.4. The maximum Gasteiger partial charge on any atom is 0.317 e. The molecule has 1 aliphatic rings. The SMILES string of the molecule is CCC(O)CN(CC(=O)O)C1CC1. The fraction of sp³-hybridized carbons (Fsp3) is 0.889. The number of aliphatic carboxylic acids is 1. The van der Waals surface area contributed by atoms with Crippen LogP contribution >= 0.6 is 0 Å². The van der Waals surface area contributed by atoms with Gasteiger partial charge in [0.15, 0.2) is 0 Å². The number of hydrogen-bond acceptors (Lipinski definition) is 3. The average molecular weight is 187 g/mol. The molecule has 0 bridgehead atoms. The second-order valence-electron chi connectivity index (χ2n) is 3.62. The number of aliphatic hydroxyl groups is 1. The van der Waals surface area contributed by atoms with Crippen LogP contribution in [0.25, 0.3) is 0 Å². The Bertz CT molecular complexity index is 180. The van der Waals surface area contributed by atoms with Gasteiger partial charge in [-0.1, -0.05) is 6.92 Å². The molecule has 0 saturated heterocycles. The van der Waals surface area contributed by atoms with Gasteiger partial charge in [0.25, 0.3) is 0 Å². The third kappa shape index (κ3) is 3.74. The second kappa shape index (κ2) is 4.58. The van der Waals surface area contributed by atoms with Gasteiger partial charge in [0, 0.05) is 12.6 Å². The van der Waals surface area contributed by atoms with Gasteiger partial charge in [-0.05, 0) is 19.3 Å². The lowest BCUT2D eigenvalue weighted by Gasteiger charge is -2.22. The maximum absolute atomic E-state index is 10.5. The van der Waals surface area contributed by atoms with Crippen molar-refractivity contribution < 1.29 is 15.0 Å². The first-order valence-corrected chi connectivity index (χ1v) is 4.77. The van der Waals surface area contributed by atoms with E-state index in [-0.39, 0.29) is 12.6 Å². The van der Waals surface area contributed by atoms with Crippen molar-refractivity contribution in [2.75, 3.05) is 13.1 Å². The molecular weight excluding hydrogens is 170 g/mol. The molecule has 4 nitrogen and oxygen atoms in total. The van der Waals surface area contributed by atoms with Crippen molar-refractivity contribution in [3.05, 3.63) is 0 Å². The van der Waals surface area contributed by atoms with Gasteiger partial charge >= 0.3 is 5.97 Å². The van der Waals surface area contributed by atoms with E-state index in [1.165, 1.54) is 0 Å². The lowest BCUT2D eigenvalue weighted by Crippen LogP contribution is -2.37. The minimum absolute atomic E-state index is 0.0573. The molecule has 1 fully saturated rings. The molecule has 0 aromatic rings. The summed E-state index contributed by atoms with van der Waals surface area (Å²) >= 11 is 0. The molecular formula is C9H17NO3. The Hall–Kier alpha value is -0.610. The van der Waals surface area contributed by atoms with Crippen LogP contribution in [0.1, 0.15) is 26.2 Å². The minimum Gasteiger partial charge on any atom is -0.480 e. The van der Waals surface area contributed by atoms with Gasteiger partial charge in [0.1, 0.15) is 0 Å². The first-order valence-electron chi connectivity index (χ1n) is 4.77. The number of carbonyl (C=O) groups is 1. The van der Waals surface area contributed by atoms with E-state index in [1.54, 1.807) is 0 Å². The Labute approximate surface area is 78.2 Å². The zero-order chi connectivity index (χ0) is 9.84. The van der Waals surface area contributed by atoms with E-state index in [2.05, 4.69) is 0 Å². The molecule has 76 valence electrons. The number of aliphatic hydroxyl groups excluding tert-OH is 1. The standard InChI is InChI=1S/C9H17NO3/c1-2-8(11)5-10(6-9(12)13)7-3-4-7/h7-8,11H,2-6H2,1H3,(H,12,13). The predicted octanol–water partition coefficient (Wildman–Crippen LogP) is 0.306.